The van der Waals surface area contributed by atoms with Crippen LogP contribution in [0.3, 0.4) is 0 Å². The van der Waals surface area contributed by atoms with Crippen LogP contribution < -0.4 is 0 Å². The van der Waals surface area contributed by atoms with Gasteiger partial charge in [-0.15, -0.1) is 0 Å². The van der Waals surface area contributed by atoms with Gasteiger partial charge in [0, 0.05) is 73.0 Å². The van der Waals surface area contributed by atoms with E-state index in [1.165, 1.54) is 35.0 Å². The molecule has 7 nitrogen and oxygen atoms in total. The molecule has 0 amide bonds. The molecule has 1 atom stereocenters. The number of fused-ring (bicyclic) bond motifs is 1. The first-order valence-electron chi connectivity index (χ1n) is 12.1. The summed E-state index contributed by atoms with van der Waals surface area (Å²) in [5.74, 6) is -1.44. The Morgan fingerprint density at radius 3 is 2.50 bits per heavy atom. The molecule has 0 aliphatic carbocycles. The molecule has 3 heterocycles. The number of halogens is 3. The van der Waals surface area contributed by atoms with E-state index < -0.39 is 17.2 Å². The molecule has 190 valence electrons. The number of benzene rings is 2. The second kappa shape index (κ2) is 10.6. The Labute approximate surface area is 213 Å². The quantitative estimate of drug-likeness (QED) is 0.368. The summed E-state index contributed by atoms with van der Waals surface area (Å²) in [6.45, 7) is 5.32. The molecule has 0 saturated carbocycles. The predicted octanol–water partition coefficient (Wildman–Crippen LogP) is 3.76. The van der Waals surface area contributed by atoms with Crippen molar-refractivity contribution in [3.8, 4) is 0 Å². The Hall–Kier alpha value is -2.85. The van der Waals surface area contributed by atoms with E-state index in [4.69, 9.17) is 11.6 Å². The van der Waals surface area contributed by atoms with Crippen LogP contribution in [-0.4, -0.2) is 73.5 Å². The van der Waals surface area contributed by atoms with Crippen LogP contribution >= 0.6 is 11.6 Å². The number of nitrogens with zero attached hydrogens (tertiary/aromatic N) is 6. The average Bonchev–Trinajstić information content (AvgIpc) is 3.49. The van der Waals surface area contributed by atoms with E-state index in [1.807, 2.05) is 12.1 Å². The van der Waals surface area contributed by atoms with Crippen LogP contribution in [-0.2, 0) is 18.7 Å². The number of aromatic nitrogens is 4. The van der Waals surface area contributed by atoms with Gasteiger partial charge in [-0.05, 0) is 43.3 Å². The van der Waals surface area contributed by atoms with Crippen molar-refractivity contribution in [2.24, 2.45) is 0 Å². The van der Waals surface area contributed by atoms with E-state index in [1.54, 1.807) is 0 Å². The van der Waals surface area contributed by atoms with Crippen LogP contribution in [0.1, 0.15) is 12.0 Å². The number of aliphatic hydroxyl groups is 1. The summed E-state index contributed by atoms with van der Waals surface area (Å²) in [6, 6.07) is 11.3. The van der Waals surface area contributed by atoms with Gasteiger partial charge in [0.2, 0.25) is 0 Å². The molecule has 0 spiro atoms. The lowest BCUT2D eigenvalue weighted by Gasteiger charge is -2.39. The van der Waals surface area contributed by atoms with Crippen molar-refractivity contribution in [2.75, 3.05) is 39.3 Å². The molecule has 0 radical (unpaired) electrons. The van der Waals surface area contributed by atoms with Gasteiger partial charge in [-0.1, -0.05) is 17.7 Å². The topological polar surface area (TPSA) is 62.4 Å². The lowest BCUT2D eigenvalue weighted by atomic mass is 9.92. The summed E-state index contributed by atoms with van der Waals surface area (Å²) >= 11 is 6.09. The molecule has 0 bridgehead atoms. The first kappa shape index (κ1) is 24.8. The summed E-state index contributed by atoms with van der Waals surface area (Å²) in [5.41, 5.74) is -0.336. The zero-order valence-corrected chi connectivity index (χ0v) is 20.7. The third-order valence-corrected chi connectivity index (χ3v) is 7.11. The molecule has 1 saturated heterocycles. The molecule has 1 aliphatic heterocycles. The van der Waals surface area contributed by atoms with Crippen LogP contribution in [0.15, 0.2) is 61.3 Å². The summed E-state index contributed by atoms with van der Waals surface area (Å²) in [6.07, 6.45) is 5.96. The number of rotatable bonds is 9. The van der Waals surface area contributed by atoms with Crippen molar-refractivity contribution >= 4 is 22.5 Å². The minimum atomic E-state index is -1.58. The van der Waals surface area contributed by atoms with Gasteiger partial charge in [-0.2, -0.15) is 5.10 Å². The summed E-state index contributed by atoms with van der Waals surface area (Å²) in [5, 5.41) is 17.5. The van der Waals surface area contributed by atoms with Crippen LogP contribution in [0.2, 0.25) is 5.02 Å². The highest BCUT2D eigenvalue weighted by atomic mass is 35.5. The van der Waals surface area contributed by atoms with E-state index >= 15 is 0 Å². The molecule has 10 heteroatoms. The zero-order valence-electron chi connectivity index (χ0n) is 19.9. The smallest absolute Gasteiger partial charge is 0.137 e. The molecular formula is C26H29ClF2N6O. The van der Waals surface area contributed by atoms with Crippen LogP contribution in [0, 0.1) is 11.6 Å². The molecule has 2 aromatic carbocycles. The number of β-amino-alcohol motifs (C(OH)–C–C–N with tert-alkyl or cyclic N) is 1. The summed E-state index contributed by atoms with van der Waals surface area (Å²) in [7, 11) is 0. The standard InChI is InChI=1S/C26H29ClF2N6O/c27-21-2-5-25-20(14-21)6-9-34(25)8-1-7-32-10-12-33(13-11-32)16-26(36,17-35-19-30-18-31-35)23-4-3-22(28)15-24(23)29/h2-6,9,14-15,18-19,36H,1,7-8,10-13,16-17H2. The highest BCUT2D eigenvalue weighted by Crippen LogP contribution is 2.28. The minimum Gasteiger partial charge on any atom is -0.382 e. The molecule has 1 unspecified atom stereocenters. The van der Waals surface area contributed by atoms with E-state index in [-0.39, 0.29) is 18.7 Å². The van der Waals surface area contributed by atoms with Crippen molar-refractivity contribution in [1.82, 2.24) is 29.1 Å². The highest BCUT2D eigenvalue weighted by Gasteiger charge is 2.36. The van der Waals surface area contributed by atoms with Gasteiger partial charge >= 0.3 is 0 Å². The summed E-state index contributed by atoms with van der Waals surface area (Å²) in [4.78, 5) is 8.46. The van der Waals surface area contributed by atoms with E-state index in [0.29, 0.717) is 0 Å². The Morgan fingerprint density at radius 2 is 1.75 bits per heavy atom. The predicted molar refractivity (Wildman–Crippen MR) is 135 cm³/mol. The van der Waals surface area contributed by atoms with Crippen molar-refractivity contribution in [3.63, 3.8) is 0 Å². The fraction of sp³-hybridized carbons (Fsp3) is 0.385. The van der Waals surface area contributed by atoms with Gasteiger partial charge in [0.15, 0.2) is 0 Å². The van der Waals surface area contributed by atoms with Gasteiger partial charge < -0.3 is 14.6 Å². The van der Waals surface area contributed by atoms with Gasteiger partial charge in [0.1, 0.15) is 29.9 Å². The highest BCUT2D eigenvalue weighted by molar-refractivity contribution is 6.31. The second-order valence-corrected chi connectivity index (χ2v) is 9.87. The molecule has 4 aromatic rings. The monoisotopic (exact) mass is 514 g/mol. The average molecular weight is 515 g/mol. The molecule has 5 rings (SSSR count). The third kappa shape index (κ3) is 5.59. The fourth-order valence-corrected chi connectivity index (χ4v) is 5.22. The maximum Gasteiger partial charge on any atom is 0.137 e. The molecule has 1 aliphatic rings. The lowest BCUT2D eigenvalue weighted by molar-refractivity contribution is -0.0319. The van der Waals surface area contributed by atoms with Crippen molar-refractivity contribution in [3.05, 3.63) is 83.5 Å². The van der Waals surface area contributed by atoms with Gasteiger partial charge in [-0.25, -0.2) is 18.4 Å². The SMILES string of the molecule is OC(CN1CCN(CCCn2ccc3cc(Cl)ccc32)CC1)(Cn1cncn1)c1ccc(F)cc1F. The molecule has 36 heavy (non-hydrogen) atoms. The lowest BCUT2D eigenvalue weighted by Crippen LogP contribution is -2.52. The van der Waals surface area contributed by atoms with E-state index in [2.05, 4.69) is 42.8 Å². The van der Waals surface area contributed by atoms with E-state index in [0.717, 1.165) is 62.2 Å². The number of hydrogen-bond donors (Lipinski definition) is 1. The molecule has 2 aromatic heterocycles. The van der Waals surface area contributed by atoms with Crippen LogP contribution in [0.25, 0.3) is 10.9 Å². The largest absolute Gasteiger partial charge is 0.382 e. The van der Waals surface area contributed by atoms with Crippen molar-refractivity contribution in [1.29, 1.82) is 0 Å². The normalized spacial score (nSPS) is 17.0. The van der Waals surface area contributed by atoms with Gasteiger partial charge in [-0.3, -0.25) is 4.90 Å². The number of piperazine rings is 1. The van der Waals surface area contributed by atoms with Crippen molar-refractivity contribution in [2.45, 2.75) is 25.1 Å². The zero-order chi connectivity index (χ0) is 25.1. The Morgan fingerprint density at radius 1 is 0.944 bits per heavy atom. The maximum absolute atomic E-state index is 14.7. The Bertz CT molecular complexity index is 1310. The van der Waals surface area contributed by atoms with E-state index in [9.17, 15) is 13.9 Å². The van der Waals surface area contributed by atoms with Crippen molar-refractivity contribution < 1.29 is 13.9 Å². The van der Waals surface area contributed by atoms with Crippen LogP contribution in [0.4, 0.5) is 8.78 Å². The second-order valence-electron chi connectivity index (χ2n) is 9.43. The first-order chi connectivity index (χ1) is 17.4. The Kier molecular flexibility index (Phi) is 7.34. The molecular weight excluding hydrogens is 486 g/mol. The number of hydrogen-bond acceptors (Lipinski definition) is 5. The maximum atomic E-state index is 14.7. The summed E-state index contributed by atoms with van der Waals surface area (Å²) < 4.78 is 31.9. The molecule has 1 fully saturated rings. The minimum absolute atomic E-state index is 0.0196. The van der Waals surface area contributed by atoms with Crippen LogP contribution in [0.5, 0.6) is 0 Å². The van der Waals surface area contributed by atoms with Gasteiger partial charge in [0.05, 0.1) is 6.54 Å². The number of aryl methyl sites for hydroxylation is 1. The third-order valence-electron chi connectivity index (χ3n) is 6.88. The Balaban J connectivity index is 1.17. The molecule has 1 N–H and O–H groups in total. The fourth-order valence-electron chi connectivity index (χ4n) is 5.04. The van der Waals surface area contributed by atoms with Gasteiger partial charge in [0.25, 0.3) is 0 Å². The first-order valence-corrected chi connectivity index (χ1v) is 12.5.